The number of rotatable bonds is 5. The lowest BCUT2D eigenvalue weighted by Crippen LogP contribution is -2.20. The minimum atomic E-state index is -1.25. The molecule has 0 saturated heterocycles. The second kappa shape index (κ2) is 5.83. The minimum Gasteiger partial charge on any atom is -0.450 e. The Balaban J connectivity index is 3.33. The molecule has 0 fully saturated rings. The molecule has 0 aromatic carbocycles. The predicted molar refractivity (Wildman–Crippen MR) is 44.2 cm³/mol. The molecule has 4 nitrogen and oxygen atoms in total. The molecule has 1 N–H and O–H groups in total. The Morgan fingerprint density at radius 3 is 2.33 bits per heavy atom. The van der Waals surface area contributed by atoms with E-state index in [4.69, 9.17) is 9.84 Å². The van der Waals surface area contributed by atoms with Crippen LogP contribution in [-0.4, -0.2) is 30.6 Å². The zero-order chi connectivity index (χ0) is 9.56. The molecular formula is C8H16O4. The summed E-state index contributed by atoms with van der Waals surface area (Å²) < 4.78 is 9.59. The normalized spacial score (nSPS) is 13.0. The van der Waals surface area contributed by atoms with Crippen LogP contribution in [0.5, 0.6) is 0 Å². The van der Waals surface area contributed by atoms with Crippen molar-refractivity contribution < 1.29 is 19.4 Å². The molecule has 0 spiro atoms. The highest BCUT2D eigenvalue weighted by molar-refractivity contribution is 5.56. The van der Waals surface area contributed by atoms with Crippen molar-refractivity contribution in [2.45, 2.75) is 26.9 Å². The van der Waals surface area contributed by atoms with Crippen LogP contribution in [0.4, 0.5) is 4.79 Å². The van der Waals surface area contributed by atoms with E-state index in [1.165, 1.54) is 0 Å². The first kappa shape index (κ1) is 11.2. The lowest BCUT2D eigenvalue weighted by molar-refractivity contribution is -0.00709. The molecule has 0 aliphatic carbocycles. The van der Waals surface area contributed by atoms with Crippen molar-refractivity contribution in [1.82, 2.24) is 0 Å². The highest BCUT2D eigenvalue weighted by atomic mass is 16.7. The molecule has 72 valence electrons. The van der Waals surface area contributed by atoms with Crippen LogP contribution in [0.2, 0.25) is 0 Å². The fraction of sp³-hybridized carbons (Fsp3) is 0.875. The number of carbonyl (C=O) groups is 1. The van der Waals surface area contributed by atoms with Gasteiger partial charge in [0.2, 0.25) is 0 Å². The average Bonchev–Trinajstić information content (AvgIpc) is 1.96. The maximum atomic E-state index is 9.96. The van der Waals surface area contributed by atoms with E-state index >= 15 is 0 Å². The molecule has 0 bridgehead atoms. The molecule has 4 heteroatoms. The van der Waals surface area contributed by atoms with Gasteiger partial charge in [-0.1, -0.05) is 13.8 Å². The van der Waals surface area contributed by atoms with E-state index in [2.05, 4.69) is 4.74 Å². The zero-order valence-electron chi connectivity index (χ0n) is 7.74. The smallest absolute Gasteiger partial charge is 0.450 e. The Morgan fingerprint density at radius 1 is 1.33 bits per heavy atom. The van der Waals surface area contributed by atoms with E-state index in [0.29, 0.717) is 12.5 Å². The highest BCUT2D eigenvalue weighted by Gasteiger charge is 2.06. The zero-order valence-corrected chi connectivity index (χ0v) is 7.74. The molecule has 0 saturated carbocycles. The van der Waals surface area contributed by atoms with Gasteiger partial charge in [0, 0.05) is 6.61 Å². The monoisotopic (exact) mass is 176 g/mol. The fourth-order valence-corrected chi connectivity index (χ4v) is 0.593. The molecule has 0 amide bonds. The lowest BCUT2D eigenvalue weighted by Gasteiger charge is -2.13. The van der Waals surface area contributed by atoms with Crippen LogP contribution in [-0.2, 0) is 9.47 Å². The van der Waals surface area contributed by atoms with Crippen molar-refractivity contribution in [1.29, 1.82) is 0 Å². The Kier molecular flexibility index (Phi) is 5.45. The van der Waals surface area contributed by atoms with Crippen molar-refractivity contribution in [2.75, 3.05) is 13.2 Å². The third-order valence-electron chi connectivity index (χ3n) is 1.16. The maximum Gasteiger partial charge on any atom is 0.505 e. The van der Waals surface area contributed by atoms with Gasteiger partial charge in [0.25, 0.3) is 0 Å². The van der Waals surface area contributed by atoms with Gasteiger partial charge in [-0.15, -0.1) is 0 Å². The molecule has 0 aliphatic heterocycles. The molecule has 0 aromatic rings. The Morgan fingerprint density at radius 2 is 1.92 bits per heavy atom. The number of hydrogen-bond donors (Lipinski definition) is 1. The third kappa shape index (κ3) is 7.34. The van der Waals surface area contributed by atoms with Crippen LogP contribution in [0.1, 0.15) is 20.8 Å². The van der Waals surface area contributed by atoms with E-state index in [-0.39, 0.29) is 12.7 Å². The van der Waals surface area contributed by atoms with Gasteiger partial charge < -0.3 is 14.6 Å². The van der Waals surface area contributed by atoms with Gasteiger partial charge in [0.1, 0.15) is 6.61 Å². The van der Waals surface area contributed by atoms with Crippen LogP contribution >= 0.6 is 0 Å². The van der Waals surface area contributed by atoms with Crippen LogP contribution in [0.15, 0.2) is 0 Å². The standard InChI is InChI=1S/C8H16O4/c1-6(2)4-11-7(3)5-12-8(9)10/h6-7H,4-5H2,1-3H3,(H,9,10). The topological polar surface area (TPSA) is 55.8 Å². The van der Waals surface area contributed by atoms with Crippen molar-refractivity contribution in [2.24, 2.45) is 5.92 Å². The second-order valence-electron chi connectivity index (χ2n) is 3.11. The van der Waals surface area contributed by atoms with Crippen LogP contribution in [0.3, 0.4) is 0 Å². The summed E-state index contributed by atoms with van der Waals surface area (Å²) in [6.07, 6.45) is -1.42. The van der Waals surface area contributed by atoms with Gasteiger partial charge in [-0.2, -0.15) is 0 Å². The summed E-state index contributed by atoms with van der Waals surface area (Å²) in [7, 11) is 0. The summed E-state index contributed by atoms with van der Waals surface area (Å²) in [5.74, 6) is 0.456. The average molecular weight is 176 g/mol. The molecule has 0 aliphatic rings. The van der Waals surface area contributed by atoms with Gasteiger partial charge in [-0.25, -0.2) is 4.79 Å². The Labute approximate surface area is 72.5 Å². The first-order chi connectivity index (χ1) is 5.52. The van der Waals surface area contributed by atoms with Gasteiger partial charge in [0.05, 0.1) is 6.10 Å². The molecule has 1 unspecified atom stereocenters. The molecule has 12 heavy (non-hydrogen) atoms. The number of carboxylic acid groups (broad SMARTS) is 1. The van der Waals surface area contributed by atoms with Crippen molar-refractivity contribution in [3.63, 3.8) is 0 Å². The van der Waals surface area contributed by atoms with E-state index in [1.807, 2.05) is 13.8 Å². The largest absolute Gasteiger partial charge is 0.505 e. The van der Waals surface area contributed by atoms with Crippen LogP contribution < -0.4 is 0 Å². The first-order valence-electron chi connectivity index (χ1n) is 3.99. The molecule has 0 radical (unpaired) electrons. The van der Waals surface area contributed by atoms with Gasteiger partial charge in [0.15, 0.2) is 0 Å². The van der Waals surface area contributed by atoms with Crippen molar-refractivity contribution >= 4 is 6.16 Å². The summed E-state index contributed by atoms with van der Waals surface area (Å²) in [5, 5.41) is 8.16. The Hall–Kier alpha value is -0.770. The maximum absolute atomic E-state index is 9.96. The summed E-state index contributed by atoms with van der Waals surface area (Å²) >= 11 is 0. The fourth-order valence-electron chi connectivity index (χ4n) is 0.593. The second-order valence-corrected chi connectivity index (χ2v) is 3.11. The van der Waals surface area contributed by atoms with E-state index < -0.39 is 6.16 Å². The van der Waals surface area contributed by atoms with E-state index in [9.17, 15) is 4.79 Å². The third-order valence-corrected chi connectivity index (χ3v) is 1.16. The molecule has 0 aromatic heterocycles. The SMILES string of the molecule is CC(C)COC(C)COC(=O)O. The van der Waals surface area contributed by atoms with Crippen molar-refractivity contribution in [3.8, 4) is 0 Å². The summed E-state index contributed by atoms with van der Waals surface area (Å²) in [4.78, 5) is 9.96. The van der Waals surface area contributed by atoms with Crippen molar-refractivity contribution in [3.05, 3.63) is 0 Å². The quantitative estimate of drug-likeness (QED) is 0.648. The van der Waals surface area contributed by atoms with Gasteiger partial charge >= 0.3 is 6.16 Å². The van der Waals surface area contributed by atoms with Crippen LogP contribution in [0, 0.1) is 5.92 Å². The summed E-state index contributed by atoms with van der Waals surface area (Å²) in [6.45, 7) is 6.58. The summed E-state index contributed by atoms with van der Waals surface area (Å²) in [6, 6.07) is 0. The Bertz CT molecular complexity index is 133. The molecule has 0 heterocycles. The lowest BCUT2D eigenvalue weighted by atomic mass is 10.2. The minimum absolute atomic E-state index is 0.0993. The highest BCUT2D eigenvalue weighted by Crippen LogP contribution is 1.98. The van der Waals surface area contributed by atoms with Gasteiger partial charge in [-0.05, 0) is 12.8 Å². The van der Waals surface area contributed by atoms with Crippen LogP contribution in [0.25, 0.3) is 0 Å². The summed E-state index contributed by atoms with van der Waals surface area (Å²) in [5.41, 5.74) is 0. The molecule has 1 atom stereocenters. The number of ether oxygens (including phenoxy) is 2. The van der Waals surface area contributed by atoms with Gasteiger partial charge in [-0.3, -0.25) is 0 Å². The predicted octanol–water partition coefficient (Wildman–Crippen LogP) is 1.74. The van der Waals surface area contributed by atoms with E-state index in [1.54, 1.807) is 6.92 Å². The molecular weight excluding hydrogens is 160 g/mol. The molecule has 0 rings (SSSR count). The first-order valence-corrected chi connectivity index (χ1v) is 3.99. The van der Waals surface area contributed by atoms with E-state index in [0.717, 1.165) is 0 Å². The number of hydrogen-bond acceptors (Lipinski definition) is 3.